The number of sulfonamides is 1. The predicted octanol–water partition coefficient (Wildman–Crippen LogP) is 2.24. The number of rotatable bonds is 5. The van der Waals surface area contributed by atoms with Gasteiger partial charge in [0.25, 0.3) is 5.69 Å². The molecule has 1 unspecified atom stereocenters. The number of hydrogen-bond acceptors (Lipinski definition) is 6. The lowest BCUT2D eigenvalue weighted by Gasteiger charge is -2.20. The van der Waals surface area contributed by atoms with Crippen molar-refractivity contribution in [3.63, 3.8) is 0 Å². The third-order valence-corrected chi connectivity index (χ3v) is 5.44. The summed E-state index contributed by atoms with van der Waals surface area (Å²) in [4.78, 5) is 12.2. The number of anilines is 1. The lowest BCUT2D eigenvalue weighted by atomic mass is 9.97. The van der Waals surface area contributed by atoms with Crippen molar-refractivity contribution in [3.8, 4) is 5.75 Å². The number of hydrogen-bond donors (Lipinski definition) is 1. The number of primary sulfonamides is 1. The van der Waals surface area contributed by atoms with E-state index in [4.69, 9.17) is 9.88 Å². The van der Waals surface area contributed by atoms with Crippen LogP contribution in [0.5, 0.6) is 5.75 Å². The number of ether oxygens (including phenoxy) is 1. The molecule has 0 amide bonds. The van der Waals surface area contributed by atoms with Crippen LogP contribution in [0.1, 0.15) is 17.9 Å². The molecule has 2 aromatic carbocycles. The maximum atomic E-state index is 11.7. The molecule has 3 rings (SSSR count). The van der Waals surface area contributed by atoms with Crippen molar-refractivity contribution in [2.45, 2.75) is 17.2 Å². The molecule has 26 heavy (non-hydrogen) atoms. The van der Waals surface area contributed by atoms with Crippen LogP contribution in [0, 0.1) is 10.1 Å². The molecule has 0 aromatic heterocycles. The van der Waals surface area contributed by atoms with Gasteiger partial charge in [-0.1, -0.05) is 18.2 Å². The second kappa shape index (κ2) is 6.93. The van der Waals surface area contributed by atoms with Crippen molar-refractivity contribution in [2.24, 2.45) is 5.14 Å². The Hall–Kier alpha value is -2.65. The van der Waals surface area contributed by atoms with Crippen LogP contribution in [0.2, 0.25) is 0 Å². The number of non-ortho nitro benzene ring substituents is 1. The fourth-order valence-corrected chi connectivity index (χ4v) is 3.84. The van der Waals surface area contributed by atoms with Gasteiger partial charge in [0, 0.05) is 36.8 Å². The van der Waals surface area contributed by atoms with Gasteiger partial charge in [-0.25, -0.2) is 13.6 Å². The molecule has 1 aliphatic rings. The summed E-state index contributed by atoms with van der Waals surface area (Å²) in [7, 11) is -2.42. The molecule has 1 heterocycles. The number of nitro benzene ring substituents is 1. The van der Waals surface area contributed by atoms with Crippen molar-refractivity contribution < 1.29 is 18.1 Å². The van der Waals surface area contributed by atoms with Gasteiger partial charge in [-0.3, -0.25) is 10.1 Å². The fraction of sp³-hybridized carbons (Fsp3) is 0.294. The molecule has 1 fully saturated rings. The summed E-state index contributed by atoms with van der Waals surface area (Å²) in [6, 6.07) is 11.5. The SMILES string of the molecule is COc1ccccc1C1CCN(c2cc([N+](=O)[O-])cc(S(N)(=O)=O)c2)C1. The number of benzene rings is 2. The predicted molar refractivity (Wildman–Crippen MR) is 97.0 cm³/mol. The third kappa shape index (κ3) is 3.63. The van der Waals surface area contributed by atoms with Gasteiger partial charge >= 0.3 is 0 Å². The molecule has 2 N–H and O–H groups in total. The Morgan fingerprint density at radius 3 is 2.65 bits per heavy atom. The van der Waals surface area contributed by atoms with E-state index in [1.807, 2.05) is 29.2 Å². The van der Waals surface area contributed by atoms with Crippen molar-refractivity contribution in [2.75, 3.05) is 25.1 Å². The monoisotopic (exact) mass is 377 g/mol. The normalized spacial score (nSPS) is 17.3. The zero-order chi connectivity index (χ0) is 18.9. The first-order valence-electron chi connectivity index (χ1n) is 7.99. The molecule has 0 bridgehead atoms. The molecule has 0 aliphatic carbocycles. The highest BCUT2D eigenvalue weighted by molar-refractivity contribution is 7.89. The van der Waals surface area contributed by atoms with E-state index in [1.54, 1.807) is 7.11 Å². The summed E-state index contributed by atoms with van der Waals surface area (Å²) in [5, 5.41) is 16.3. The van der Waals surface area contributed by atoms with E-state index < -0.39 is 14.9 Å². The van der Waals surface area contributed by atoms with Gasteiger partial charge in [0.2, 0.25) is 10.0 Å². The molecule has 0 saturated carbocycles. The lowest BCUT2D eigenvalue weighted by molar-refractivity contribution is -0.385. The summed E-state index contributed by atoms with van der Waals surface area (Å²) in [6.07, 6.45) is 0.827. The van der Waals surface area contributed by atoms with Crippen LogP contribution in [0.15, 0.2) is 47.4 Å². The topological polar surface area (TPSA) is 116 Å². The molecule has 1 saturated heterocycles. The Kier molecular flexibility index (Phi) is 4.84. The minimum absolute atomic E-state index is 0.184. The summed E-state index contributed by atoms with van der Waals surface area (Å²) < 4.78 is 28.7. The number of nitro groups is 1. The minimum atomic E-state index is -4.04. The highest BCUT2D eigenvalue weighted by Gasteiger charge is 2.28. The van der Waals surface area contributed by atoms with Crippen molar-refractivity contribution >= 4 is 21.4 Å². The van der Waals surface area contributed by atoms with Crippen LogP contribution in [-0.4, -0.2) is 33.5 Å². The van der Waals surface area contributed by atoms with Gasteiger partial charge < -0.3 is 9.64 Å². The van der Waals surface area contributed by atoms with Crippen LogP contribution < -0.4 is 14.8 Å². The second-order valence-electron chi connectivity index (χ2n) is 6.16. The van der Waals surface area contributed by atoms with Crippen LogP contribution in [-0.2, 0) is 10.0 Å². The maximum Gasteiger partial charge on any atom is 0.272 e. The number of nitrogens with zero attached hydrogens (tertiary/aromatic N) is 2. The number of methoxy groups -OCH3 is 1. The van der Waals surface area contributed by atoms with Crippen LogP contribution in [0.4, 0.5) is 11.4 Å². The van der Waals surface area contributed by atoms with Crippen LogP contribution in [0.3, 0.4) is 0 Å². The van der Waals surface area contributed by atoms with E-state index in [1.165, 1.54) is 12.1 Å². The Labute approximate surface area is 151 Å². The third-order valence-electron chi connectivity index (χ3n) is 4.55. The maximum absolute atomic E-state index is 11.7. The fourth-order valence-electron chi connectivity index (χ4n) is 3.27. The largest absolute Gasteiger partial charge is 0.496 e. The van der Waals surface area contributed by atoms with E-state index >= 15 is 0 Å². The number of para-hydroxylation sites is 1. The number of nitrogens with two attached hydrogens (primary N) is 1. The molecule has 2 aromatic rings. The van der Waals surface area contributed by atoms with Gasteiger partial charge in [0.05, 0.1) is 16.9 Å². The average molecular weight is 377 g/mol. The van der Waals surface area contributed by atoms with Gasteiger partial charge in [-0.15, -0.1) is 0 Å². The van der Waals surface area contributed by atoms with E-state index in [0.29, 0.717) is 18.8 Å². The van der Waals surface area contributed by atoms with Gasteiger partial charge in [-0.05, 0) is 24.1 Å². The Morgan fingerprint density at radius 2 is 2.00 bits per heavy atom. The zero-order valence-electron chi connectivity index (χ0n) is 14.2. The Bertz CT molecular complexity index is 945. The van der Waals surface area contributed by atoms with E-state index in [2.05, 4.69) is 0 Å². The van der Waals surface area contributed by atoms with E-state index in [-0.39, 0.29) is 16.5 Å². The Balaban J connectivity index is 1.93. The minimum Gasteiger partial charge on any atom is -0.496 e. The first-order chi connectivity index (χ1) is 12.3. The second-order valence-corrected chi connectivity index (χ2v) is 7.72. The van der Waals surface area contributed by atoms with E-state index in [9.17, 15) is 18.5 Å². The van der Waals surface area contributed by atoms with Gasteiger partial charge in [0.15, 0.2) is 0 Å². The molecule has 1 atom stereocenters. The van der Waals surface area contributed by atoms with E-state index in [0.717, 1.165) is 23.8 Å². The lowest BCUT2D eigenvalue weighted by Crippen LogP contribution is -2.20. The first kappa shape index (κ1) is 18.2. The molecule has 138 valence electrons. The molecule has 0 spiro atoms. The van der Waals surface area contributed by atoms with Gasteiger partial charge in [0.1, 0.15) is 5.75 Å². The van der Waals surface area contributed by atoms with Gasteiger partial charge in [-0.2, -0.15) is 0 Å². The van der Waals surface area contributed by atoms with Crippen molar-refractivity contribution in [1.29, 1.82) is 0 Å². The Morgan fingerprint density at radius 1 is 1.27 bits per heavy atom. The highest BCUT2D eigenvalue weighted by atomic mass is 32.2. The average Bonchev–Trinajstić information content (AvgIpc) is 3.10. The molecule has 9 heteroatoms. The highest BCUT2D eigenvalue weighted by Crippen LogP contribution is 2.36. The summed E-state index contributed by atoms with van der Waals surface area (Å²) in [6.45, 7) is 1.25. The van der Waals surface area contributed by atoms with Crippen LogP contribution in [0.25, 0.3) is 0 Å². The first-order valence-corrected chi connectivity index (χ1v) is 9.54. The van der Waals surface area contributed by atoms with Crippen molar-refractivity contribution in [3.05, 3.63) is 58.1 Å². The standard InChI is InChI=1S/C17H19N3O5S/c1-25-17-5-3-2-4-16(17)12-6-7-19(11-12)13-8-14(20(21)22)10-15(9-13)26(18,23)24/h2-5,8-10,12H,6-7,11H2,1H3,(H2,18,23,24). The zero-order valence-corrected chi connectivity index (χ0v) is 15.0. The molecular formula is C17H19N3O5S. The summed E-state index contributed by atoms with van der Waals surface area (Å²) in [5.41, 5.74) is 1.24. The smallest absolute Gasteiger partial charge is 0.272 e. The molecule has 0 radical (unpaired) electrons. The quantitative estimate of drug-likeness (QED) is 0.631. The summed E-state index contributed by atoms with van der Waals surface area (Å²) >= 11 is 0. The molecule has 1 aliphatic heterocycles. The molecular weight excluding hydrogens is 358 g/mol. The van der Waals surface area contributed by atoms with Crippen LogP contribution >= 0.6 is 0 Å². The summed E-state index contributed by atoms with van der Waals surface area (Å²) in [5.74, 6) is 0.979. The van der Waals surface area contributed by atoms with Crippen molar-refractivity contribution in [1.82, 2.24) is 0 Å². The molecule has 8 nitrogen and oxygen atoms in total.